The number of hydrogen-bond donors (Lipinski definition) is 2. The molecule has 0 atom stereocenters. The second-order valence-corrected chi connectivity index (χ2v) is 5.65. The van der Waals surface area contributed by atoms with Gasteiger partial charge in [-0.1, -0.05) is 0 Å². The lowest BCUT2D eigenvalue weighted by Crippen LogP contribution is -2.21. The third-order valence-electron chi connectivity index (χ3n) is 2.55. The number of rotatable bonds is 6. The zero-order valence-corrected chi connectivity index (χ0v) is 11.0. The predicted octanol–water partition coefficient (Wildman–Crippen LogP) is 0.380. The second kappa shape index (κ2) is 6.00. The smallest absolute Gasteiger partial charge is 0.240 e. The van der Waals surface area contributed by atoms with Gasteiger partial charge in [-0.25, -0.2) is 13.1 Å². The van der Waals surface area contributed by atoms with Gasteiger partial charge < -0.3 is 10.6 Å². The lowest BCUT2D eigenvalue weighted by Gasteiger charge is -2.19. The van der Waals surface area contributed by atoms with E-state index in [4.69, 9.17) is 5.73 Å². The first-order valence-electron chi connectivity index (χ1n) is 5.46. The second-order valence-electron chi connectivity index (χ2n) is 3.77. The van der Waals surface area contributed by atoms with Gasteiger partial charge in [0.25, 0.3) is 0 Å². The number of nitrogens with two attached hydrogens (primary N) is 1. The third kappa shape index (κ3) is 3.69. The van der Waals surface area contributed by atoms with E-state index in [9.17, 15) is 8.42 Å². The van der Waals surface area contributed by atoms with E-state index in [1.807, 2.05) is 11.9 Å². The highest BCUT2D eigenvalue weighted by molar-refractivity contribution is 7.89. The molecule has 0 fully saturated rings. The SMILES string of the molecule is CNS(=O)(=O)c1ccc(N(C)CCCN)cc1. The van der Waals surface area contributed by atoms with Crippen LogP contribution in [-0.2, 0) is 10.0 Å². The third-order valence-corrected chi connectivity index (χ3v) is 3.98. The Morgan fingerprint density at radius 2 is 1.88 bits per heavy atom. The maximum absolute atomic E-state index is 11.5. The van der Waals surface area contributed by atoms with Crippen LogP contribution >= 0.6 is 0 Å². The van der Waals surface area contributed by atoms with Crippen molar-refractivity contribution < 1.29 is 8.42 Å². The van der Waals surface area contributed by atoms with E-state index in [0.29, 0.717) is 6.54 Å². The number of benzene rings is 1. The summed E-state index contributed by atoms with van der Waals surface area (Å²) in [4.78, 5) is 2.32. The molecule has 6 heteroatoms. The molecule has 0 bridgehead atoms. The Kier molecular flexibility index (Phi) is 4.92. The van der Waals surface area contributed by atoms with E-state index in [-0.39, 0.29) is 4.90 Å². The number of hydrogen-bond acceptors (Lipinski definition) is 4. The van der Waals surface area contributed by atoms with Gasteiger partial charge in [0.15, 0.2) is 0 Å². The lowest BCUT2D eigenvalue weighted by atomic mass is 10.3. The van der Waals surface area contributed by atoms with Crippen LogP contribution in [0.15, 0.2) is 29.2 Å². The Bertz CT molecular complexity index is 442. The Morgan fingerprint density at radius 3 is 2.35 bits per heavy atom. The van der Waals surface area contributed by atoms with Gasteiger partial charge in [0.2, 0.25) is 10.0 Å². The molecule has 0 saturated heterocycles. The van der Waals surface area contributed by atoms with Crippen molar-refractivity contribution in [3.63, 3.8) is 0 Å². The average Bonchev–Trinajstić information content (AvgIpc) is 2.36. The van der Waals surface area contributed by atoms with Crippen molar-refractivity contribution in [1.29, 1.82) is 0 Å². The van der Waals surface area contributed by atoms with Gasteiger partial charge in [0.05, 0.1) is 4.90 Å². The monoisotopic (exact) mass is 257 g/mol. The molecule has 1 aromatic carbocycles. The van der Waals surface area contributed by atoms with E-state index in [1.54, 1.807) is 24.3 Å². The first-order chi connectivity index (χ1) is 8.01. The number of anilines is 1. The summed E-state index contributed by atoms with van der Waals surface area (Å²) in [6.45, 7) is 1.51. The predicted molar refractivity (Wildman–Crippen MR) is 69.6 cm³/mol. The van der Waals surface area contributed by atoms with Crippen molar-refractivity contribution in [2.45, 2.75) is 11.3 Å². The molecule has 0 aliphatic carbocycles. The standard InChI is InChI=1S/C11H19N3O2S/c1-13-17(15,16)11-6-4-10(5-7-11)14(2)9-3-8-12/h4-7,13H,3,8-9,12H2,1-2H3. The number of nitrogens with one attached hydrogen (secondary N) is 1. The van der Waals surface area contributed by atoms with Gasteiger partial charge in [-0.2, -0.15) is 0 Å². The van der Waals surface area contributed by atoms with Gasteiger partial charge in [-0.15, -0.1) is 0 Å². The molecule has 0 aliphatic rings. The summed E-state index contributed by atoms with van der Waals surface area (Å²) in [7, 11) is 0.00890. The average molecular weight is 257 g/mol. The molecular formula is C11H19N3O2S. The van der Waals surface area contributed by atoms with Crippen LogP contribution in [0.3, 0.4) is 0 Å². The summed E-state index contributed by atoms with van der Waals surface area (Å²) in [5.41, 5.74) is 6.42. The summed E-state index contributed by atoms with van der Waals surface area (Å²) in [5.74, 6) is 0. The van der Waals surface area contributed by atoms with Crippen LogP contribution in [0.25, 0.3) is 0 Å². The van der Waals surface area contributed by atoms with Gasteiger partial charge >= 0.3 is 0 Å². The Morgan fingerprint density at radius 1 is 1.29 bits per heavy atom. The largest absolute Gasteiger partial charge is 0.375 e. The molecule has 1 rings (SSSR count). The molecule has 0 aromatic heterocycles. The van der Waals surface area contributed by atoms with Crippen molar-refractivity contribution in [1.82, 2.24) is 4.72 Å². The van der Waals surface area contributed by atoms with Crippen molar-refractivity contribution >= 4 is 15.7 Å². The maximum Gasteiger partial charge on any atom is 0.240 e. The number of sulfonamides is 1. The van der Waals surface area contributed by atoms with Crippen molar-refractivity contribution in [3.05, 3.63) is 24.3 Å². The first-order valence-corrected chi connectivity index (χ1v) is 6.94. The molecule has 0 unspecified atom stereocenters. The van der Waals surface area contributed by atoms with Crippen molar-refractivity contribution in [2.75, 3.05) is 32.1 Å². The minimum absolute atomic E-state index is 0.274. The fourth-order valence-electron chi connectivity index (χ4n) is 1.46. The highest BCUT2D eigenvalue weighted by Crippen LogP contribution is 2.16. The summed E-state index contributed by atoms with van der Waals surface area (Å²) in [6.07, 6.45) is 0.910. The highest BCUT2D eigenvalue weighted by atomic mass is 32.2. The van der Waals surface area contributed by atoms with E-state index in [0.717, 1.165) is 18.7 Å². The van der Waals surface area contributed by atoms with E-state index >= 15 is 0 Å². The van der Waals surface area contributed by atoms with Crippen LogP contribution in [0.1, 0.15) is 6.42 Å². The molecule has 0 spiro atoms. The molecule has 0 radical (unpaired) electrons. The maximum atomic E-state index is 11.5. The van der Waals surface area contributed by atoms with Crippen molar-refractivity contribution in [3.8, 4) is 0 Å². The Labute approximate surface area is 103 Å². The minimum atomic E-state index is -3.35. The lowest BCUT2D eigenvalue weighted by molar-refractivity contribution is 0.588. The summed E-state index contributed by atoms with van der Waals surface area (Å²) in [6, 6.07) is 6.78. The van der Waals surface area contributed by atoms with Crippen LogP contribution in [0.5, 0.6) is 0 Å². The molecule has 17 heavy (non-hydrogen) atoms. The molecule has 0 saturated carbocycles. The van der Waals surface area contributed by atoms with Gasteiger partial charge in [0, 0.05) is 19.3 Å². The molecule has 3 N–H and O–H groups in total. The van der Waals surface area contributed by atoms with Gasteiger partial charge in [-0.3, -0.25) is 0 Å². The summed E-state index contributed by atoms with van der Waals surface area (Å²) < 4.78 is 25.3. The molecule has 0 aliphatic heterocycles. The molecular weight excluding hydrogens is 238 g/mol. The minimum Gasteiger partial charge on any atom is -0.375 e. The van der Waals surface area contributed by atoms with Crippen LogP contribution in [0.4, 0.5) is 5.69 Å². The zero-order chi connectivity index (χ0) is 12.9. The molecule has 0 heterocycles. The summed E-state index contributed by atoms with van der Waals surface area (Å²) >= 11 is 0. The van der Waals surface area contributed by atoms with Crippen LogP contribution in [0.2, 0.25) is 0 Å². The topological polar surface area (TPSA) is 75.4 Å². The first kappa shape index (κ1) is 14.0. The fraction of sp³-hybridized carbons (Fsp3) is 0.455. The van der Waals surface area contributed by atoms with Crippen LogP contribution < -0.4 is 15.4 Å². The van der Waals surface area contributed by atoms with E-state index < -0.39 is 10.0 Å². The van der Waals surface area contributed by atoms with Gasteiger partial charge in [-0.05, 0) is 44.3 Å². The zero-order valence-electron chi connectivity index (χ0n) is 10.2. The van der Waals surface area contributed by atoms with Crippen LogP contribution in [0, 0.1) is 0 Å². The number of nitrogens with zero attached hydrogens (tertiary/aromatic N) is 1. The fourth-order valence-corrected chi connectivity index (χ4v) is 2.19. The molecule has 0 amide bonds. The molecule has 5 nitrogen and oxygen atoms in total. The van der Waals surface area contributed by atoms with Crippen LogP contribution in [-0.4, -0.2) is 35.6 Å². The molecule has 96 valence electrons. The quantitative estimate of drug-likeness (QED) is 0.772. The Hall–Kier alpha value is -1.11. The van der Waals surface area contributed by atoms with E-state index in [1.165, 1.54) is 7.05 Å². The molecule has 1 aromatic rings. The van der Waals surface area contributed by atoms with Crippen molar-refractivity contribution in [2.24, 2.45) is 5.73 Å². The normalized spacial score (nSPS) is 11.5. The van der Waals surface area contributed by atoms with Gasteiger partial charge in [0.1, 0.15) is 0 Å². The summed E-state index contributed by atoms with van der Waals surface area (Å²) in [5, 5.41) is 0. The highest BCUT2D eigenvalue weighted by Gasteiger charge is 2.10. The Balaban J connectivity index is 2.81. The van der Waals surface area contributed by atoms with E-state index in [2.05, 4.69) is 4.72 Å².